The number of hydrogen-bond donors (Lipinski definition) is 0. The molecule has 0 amide bonds. The summed E-state index contributed by atoms with van der Waals surface area (Å²) in [6.07, 6.45) is 4.29. The Morgan fingerprint density at radius 3 is 2.56 bits per heavy atom. The third-order valence-electron chi connectivity index (χ3n) is 4.57. The van der Waals surface area contributed by atoms with E-state index in [1.165, 1.54) is 4.88 Å². The van der Waals surface area contributed by atoms with Crippen LogP contribution in [-0.2, 0) is 6.42 Å². The molecule has 1 aromatic carbocycles. The van der Waals surface area contributed by atoms with Crippen LogP contribution in [0.25, 0.3) is 15.9 Å². The van der Waals surface area contributed by atoms with E-state index in [4.69, 9.17) is 9.72 Å². The van der Waals surface area contributed by atoms with Crippen LogP contribution in [0.15, 0.2) is 34.2 Å². The molecule has 2 aromatic heterocycles. The van der Waals surface area contributed by atoms with Gasteiger partial charge in [0.1, 0.15) is 10.6 Å². The highest BCUT2D eigenvalue weighted by Crippen LogP contribution is 2.31. The van der Waals surface area contributed by atoms with E-state index in [2.05, 4.69) is 20.8 Å². The zero-order chi connectivity index (χ0) is 19.4. The van der Waals surface area contributed by atoms with Crippen LogP contribution in [0.4, 0.5) is 0 Å². The van der Waals surface area contributed by atoms with Gasteiger partial charge in [0.2, 0.25) is 0 Å². The Hall–Kier alpha value is -1.79. The van der Waals surface area contributed by atoms with Gasteiger partial charge in [-0.15, -0.1) is 11.3 Å². The van der Waals surface area contributed by atoms with Gasteiger partial charge in [0, 0.05) is 10.6 Å². The molecule has 144 valence electrons. The molecule has 4 nitrogen and oxygen atoms in total. The van der Waals surface area contributed by atoms with Crippen LogP contribution in [0.2, 0.25) is 0 Å². The van der Waals surface area contributed by atoms with Crippen LogP contribution in [0, 0.1) is 6.92 Å². The number of unbranched alkanes of at least 4 members (excludes halogenated alkanes) is 1. The van der Waals surface area contributed by atoms with E-state index in [-0.39, 0.29) is 5.56 Å². The van der Waals surface area contributed by atoms with E-state index >= 15 is 0 Å². The van der Waals surface area contributed by atoms with E-state index in [0.29, 0.717) is 0 Å². The Labute approximate surface area is 168 Å². The van der Waals surface area contributed by atoms with E-state index in [0.717, 1.165) is 63.8 Å². The lowest BCUT2D eigenvalue weighted by molar-refractivity contribution is 0.414. The van der Waals surface area contributed by atoms with Crippen molar-refractivity contribution < 1.29 is 4.74 Å². The van der Waals surface area contributed by atoms with Crippen molar-refractivity contribution in [1.29, 1.82) is 0 Å². The zero-order valence-electron chi connectivity index (χ0n) is 16.4. The highest BCUT2D eigenvalue weighted by Gasteiger charge is 2.19. The number of aryl methyl sites for hydroxylation is 2. The number of methoxy groups -OCH3 is 1. The lowest BCUT2D eigenvalue weighted by Gasteiger charge is -2.12. The van der Waals surface area contributed by atoms with Crippen LogP contribution in [0.5, 0.6) is 5.75 Å². The third kappa shape index (κ3) is 4.06. The molecule has 2 heterocycles. The Kier molecular flexibility index (Phi) is 6.60. The Morgan fingerprint density at radius 2 is 1.93 bits per heavy atom. The van der Waals surface area contributed by atoms with Crippen LogP contribution in [0.3, 0.4) is 0 Å². The fraction of sp³-hybridized carbons (Fsp3) is 0.429. The zero-order valence-corrected chi connectivity index (χ0v) is 18.0. The molecule has 27 heavy (non-hydrogen) atoms. The topological polar surface area (TPSA) is 44.1 Å². The summed E-state index contributed by atoms with van der Waals surface area (Å²) < 4.78 is 7.02. The molecule has 0 aliphatic heterocycles. The summed E-state index contributed by atoms with van der Waals surface area (Å²) in [4.78, 5) is 20.5. The molecule has 0 N–H and O–H groups in total. The minimum absolute atomic E-state index is 0.0280. The maximum absolute atomic E-state index is 13.5. The van der Waals surface area contributed by atoms with E-state index in [9.17, 15) is 4.79 Å². The molecule has 0 spiro atoms. The van der Waals surface area contributed by atoms with Gasteiger partial charge < -0.3 is 4.74 Å². The summed E-state index contributed by atoms with van der Waals surface area (Å²) >= 11 is 3.33. The van der Waals surface area contributed by atoms with Crippen molar-refractivity contribution in [2.24, 2.45) is 0 Å². The van der Waals surface area contributed by atoms with Gasteiger partial charge in [-0.25, -0.2) is 4.98 Å². The van der Waals surface area contributed by atoms with E-state index in [1.807, 2.05) is 24.3 Å². The molecule has 0 aliphatic rings. The molecule has 0 saturated heterocycles. The number of thiophene rings is 1. The smallest absolute Gasteiger partial charge is 0.267 e. The van der Waals surface area contributed by atoms with Crippen LogP contribution in [-0.4, -0.2) is 22.4 Å². The number of aromatic nitrogens is 2. The Balaban J connectivity index is 2.20. The predicted octanol–water partition coefficient (Wildman–Crippen LogP) is 5.61. The first-order valence-electron chi connectivity index (χ1n) is 9.42. The number of benzene rings is 1. The van der Waals surface area contributed by atoms with Crippen molar-refractivity contribution >= 4 is 33.3 Å². The molecule has 3 rings (SSSR count). The maximum Gasteiger partial charge on any atom is 0.267 e. The second-order valence-electron chi connectivity index (χ2n) is 6.52. The lowest BCUT2D eigenvalue weighted by Crippen LogP contribution is -2.21. The molecule has 0 unspecified atom stereocenters. The Morgan fingerprint density at radius 1 is 1.19 bits per heavy atom. The van der Waals surface area contributed by atoms with E-state index in [1.54, 1.807) is 34.8 Å². The highest BCUT2D eigenvalue weighted by atomic mass is 32.2. The molecule has 0 atom stereocenters. The van der Waals surface area contributed by atoms with Gasteiger partial charge in [-0.05, 0) is 49.6 Å². The molecule has 0 saturated carbocycles. The first-order valence-corrected chi connectivity index (χ1v) is 11.2. The third-order valence-corrected chi connectivity index (χ3v) is 6.84. The van der Waals surface area contributed by atoms with Crippen molar-refractivity contribution in [3.8, 4) is 11.4 Å². The maximum atomic E-state index is 13.5. The summed E-state index contributed by atoms with van der Waals surface area (Å²) in [6.45, 7) is 6.39. The highest BCUT2D eigenvalue weighted by molar-refractivity contribution is 7.99. The first-order chi connectivity index (χ1) is 13.1. The van der Waals surface area contributed by atoms with Crippen LogP contribution < -0.4 is 10.3 Å². The summed E-state index contributed by atoms with van der Waals surface area (Å²) in [5.41, 5.74) is 1.94. The molecule has 0 radical (unpaired) electrons. The van der Waals surface area contributed by atoms with Crippen molar-refractivity contribution in [2.75, 3.05) is 12.9 Å². The predicted molar refractivity (Wildman–Crippen MR) is 116 cm³/mol. The number of ether oxygens (including phenoxy) is 1. The quantitative estimate of drug-likeness (QED) is 0.279. The van der Waals surface area contributed by atoms with Gasteiger partial charge in [0.05, 0.1) is 18.2 Å². The number of hydrogen-bond acceptors (Lipinski definition) is 5. The fourth-order valence-electron chi connectivity index (χ4n) is 3.04. The minimum atomic E-state index is 0.0280. The largest absolute Gasteiger partial charge is 0.497 e. The number of thioether (sulfide) groups is 1. The normalized spacial score (nSPS) is 11.3. The molecule has 0 fully saturated rings. The van der Waals surface area contributed by atoms with E-state index < -0.39 is 0 Å². The molecular formula is C21H26N2O2S2. The van der Waals surface area contributed by atoms with Crippen LogP contribution >= 0.6 is 23.1 Å². The average molecular weight is 403 g/mol. The van der Waals surface area contributed by atoms with Gasteiger partial charge in [0.15, 0.2) is 5.16 Å². The van der Waals surface area contributed by atoms with Gasteiger partial charge in [0.25, 0.3) is 5.56 Å². The minimum Gasteiger partial charge on any atom is -0.497 e. The Bertz CT molecular complexity index is 974. The summed E-state index contributed by atoms with van der Waals surface area (Å²) in [7, 11) is 1.64. The van der Waals surface area contributed by atoms with Crippen molar-refractivity contribution in [1.82, 2.24) is 9.55 Å². The van der Waals surface area contributed by atoms with Crippen molar-refractivity contribution in [2.45, 2.75) is 51.6 Å². The molecular weight excluding hydrogens is 376 g/mol. The molecule has 6 heteroatoms. The number of nitrogens with zero attached hydrogens (tertiary/aromatic N) is 2. The number of rotatable bonds is 8. The second-order valence-corrected chi connectivity index (χ2v) is 8.66. The fourth-order valence-corrected chi connectivity index (χ4v) is 5.46. The lowest BCUT2D eigenvalue weighted by atomic mass is 10.1. The summed E-state index contributed by atoms with van der Waals surface area (Å²) in [6, 6.07) is 7.61. The van der Waals surface area contributed by atoms with Gasteiger partial charge in [-0.1, -0.05) is 38.5 Å². The molecule has 0 aliphatic carbocycles. The summed E-state index contributed by atoms with van der Waals surface area (Å²) in [5.74, 6) is 1.73. The monoisotopic (exact) mass is 402 g/mol. The number of fused-ring (bicyclic) bond motifs is 1. The molecule has 3 aromatic rings. The SMILES string of the molecule is CCCCSc1nc2sc(CCC)c(C)c2c(=O)n1-c1ccc(OC)cc1. The standard InChI is InChI=1S/C21H26N2O2S2/c1-5-7-13-26-21-22-19-18(14(3)17(27-19)8-6-2)20(24)23(21)15-9-11-16(25-4)12-10-15/h9-12H,5-8,13H2,1-4H3. The second kappa shape index (κ2) is 8.93. The molecule has 0 bridgehead atoms. The van der Waals surface area contributed by atoms with Crippen molar-refractivity contribution in [3.63, 3.8) is 0 Å². The van der Waals surface area contributed by atoms with Crippen LogP contribution in [0.1, 0.15) is 43.6 Å². The van der Waals surface area contributed by atoms with Gasteiger partial charge in [-0.3, -0.25) is 9.36 Å². The van der Waals surface area contributed by atoms with Gasteiger partial charge >= 0.3 is 0 Å². The van der Waals surface area contributed by atoms with Crippen molar-refractivity contribution in [3.05, 3.63) is 45.1 Å². The average Bonchev–Trinajstić information content (AvgIpc) is 2.98. The first kappa shape index (κ1) is 20.0. The summed E-state index contributed by atoms with van der Waals surface area (Å²) in [5, 5.41) is 1.54. The van der Waals surface area contributed by atoms with Gasteiger partial charge in [-0.2, -0.15) is 0 Å².